The fourth-order valence-corrected chi connectivity index (χ4v) is 3.48. The molecule has 7 heteroatoms. The number of carbonyl (C=O) groups is 1. The summed E-state index contributed by atoms with van der Waals surface area (Å²) in [5.74, 6) is 1.81. The molecular formula is C21H27N3O4. The molecule has 1 heterocycles. The second-order valence-electron chi connectivity index (χ2n) is 6.68. The summed E-state index contributed by atoms with van der Waals surface area (Å²) in [6.07, 6.45) is 0.937. The van der Waals surface area contributed by atoms with E-state index in [9.17, 15) is 4.79 Å². The van der Waals surface area contributed by atoms with Crippen LogP contribution in [0.25, 0.3) is 0 Å². The van der Waals surface area contributed by atoms with Crippen molar-refractivity contribution in [3.63, 3.8) is 0 Å². The molecular weight excluding hydrogens is 358 g/mol. The summed E-state index contributed by atoms with van der Waals surface area (Å²) in [5.41, 5.74) is 9.29. The molecule has 0 saturated heterocycles. The second-order valence-corrected chi connectivity index (χ2v) is 6.68. The molecule has 0 radical (unpaired) electrons. The van der Waals surface area contributed by atoms with Crippen LogP contribution in [0.5, 0.6) is 17.2 Å². The molecule has 0 saturated carbocycles. The van der Waals surface area contributed by atoms with Crippen LogP contribution < -0.4 is 25.3 Å². The van der Waals surface area contributed by atoms with Gasteiger partial charge < -0.3 is 25.3 Å². The van der Waals surface area contributed by atoms with E-state index in [-0.39, 0.29) is 5.91 Å². The van der Waals surface area contributed by atoms with Gasteiger partial charge in [-0.05, 0) is 41.8 Å². The first-order chi connectivity index (χ1) is 13.6. The highest BCUT2D eigenvalue weighted by Crippen LogP contribution is 2.33. The minimum atomic E-state index is -0.194. The highest BCUT2D eigenvalue weighted by molar-refractivity contribution is 6.00. The van der Waals surface area contributed by atoms with E-state index in [2.05, 4.69) is 16.3 Å². The smallest absolute Gasteiger partial charge is 0.253 e. The zero-order valence-electron chi connectivity index (χ0n) is 16.6. The number of para-hydroxylation sites is 1. The van der Waals surface area contributed by atoms with Crippen molar-refractivity contribution in [2.45, 2.75) is 13.0 Å². The Labute approximate surface area is 165 Å². The van der Waals surface area contributed by atoms with Gasteiger partial charge in [0.25, 0.3) is 5.91 Å². The number of nitrogens with zero attached hydrogens (tertiary/aromatic N) is 1. The fourth-order valence-electron chi connectivity index (χ4n) is 3.48. The van der Waals surface area contributed by atoms with Gasteiger partial charge in [0.15, 0.2) is 11.5 Å². The molecule has 0 unspecified atom stereocenters. The third kappa shape index (κ3) is 4.14. The predicted octanol–water partition coefficient (Wildman–Crippen LogP) is 2.08. The highest BCUT2D eigenvalue weighted by atomic mass is 16.5. The molecule has 0 fully saturated rings. The lowest BCUT2D eigenvalue weighted by Gasteiger charge is -2.29. The van der Waals surface area contributed by atoms with Crippen molar-refractivity contribution >= 4 is 11.6 Å². The van der Waals surface area contributed by atoms with Crippen LogP contribution in [0.15, 0.2) is 30.3 Å². The van der Waals surface area contributed by atoms with E-state index in [0.29, 0.717) is 23.5 Å². The number of hydrogen-bond donors (Lipinski definition) is 2. The molecule has 0 bridgehead atoms. The molecule has 3 N–H and O–H groups in total. The van der Waals surface area contributed by atoms with E-state index >= 15 is 0 Å². The zero-order valence-corrected chi connectivity index (χ0v) is 16.6. The molecule has 2 aromatic carbocycles. The minimum Gasteiger partial charge on any atom is -0.495 e. The first kappa shape index (κ1) is 19.8. The monoisotopic (exact) mass is 385 g/mol. The Hall–Kier alpha value is -2.93. The van der Waals surface area contributed by atoms with E-state index < -0.39 is 0 Å². The van der Waals surface area contributed by atoms with Gasteiger partial charge in [-0.3, -0.25) is 9.69 Å². The number of hydrogen-bond acceptors (Lipinski definition) is 6. The van der Waals surface area contributed by atoms with E-state index in [1.165, 1.54) is 18.2 Å². The van der Waals surface area contributed by atoms with Crippen LogP contribution in [0.1, 0.15) is 21.5 Å². The van der Waals surface area contributed by atoms with Gasteiger partial charge >= 0.3 is 0 Å². The van der Waals surface area contributed by atoms with Crippen LogP contribution >= 0.6 is 0 Å². The number of methoxy groups -OCH3 is 3. The number of nitrogen functional groups attached to an aromatic ring is 1. The first-order valence-electron chi connectivity index (χ1n) is 9.24. The molecule has 150 valence electrons. The molecule has 0 aromatic heterocycles. The van der Waals surface area contributed by atoms with Crippen molar-refractivity contribution in [1.82, 2.24) is 10.2 Å². The van der Waals surface area contributed by atoms with Gasteiger partial charge in [0, 0.05) is 26.2 Å². The van der Waals surface area contributed by atoms with Crippen LogP contribution in [0.4, 0.5) is 5.69 Å². The van der Waals surface area contributed by atoms with Crippen LogP contribution in [0, 0.1) is 0 Å². The molecule has 1 amide bonds. The van der Waals surface area contributed by atoms with Crippen LogP contribution in [0.3, 0.4) is 0 Å². The summed E-state index contributed by atoms with van der Waals surface area (Å²) >= 11 is 0. The highest BCUT2D eigenvalue weighted by Gasteiger charge is 2.20. The Morgan fingerprint density at radius 3 is 2.43 bits per heavy atom. The second kappa shape index (κ2) is 8.84. The van der Waals surface area contributed by atoms with E-state index in [1.807, 2.05) is 6.07 Å². The van der Waals surface area contributed by atoms with Crippen molar-refractivity contribution in [3.05, 3.63) is 47.0 Å². The van der Waals surface area contributed by atoms with Crippen LogP contribution in [0.2, 0.25) is 0 Å². The molecule has 28 heavy (non-hydrogen) atoms. The Balaban J connectivity index is 1.57. The minimum absolute atomic E-state index is 0.194. The molecule has 1 aliphatic heterocycles. The van der Waals surface area contributed by atoms with Gasteiger partial charge in [0.1, 0.15) is 5.75 Å². The van der Waals surface area contributed by atoms with E-state index in [1.54, 1.807) is 32.4 Å². The van der Waals surface area contributed by atoms with E-state index in [4.69, 9.17) is 19.9 Å². The summed E-state index contributed by atoms with van der Waals surface area (Å²) in [6, 6.07) is 9.28. The Bertz CT molecular complexity index is 854. The molecule has 3 rings (SSSR count). The van der Waals surface area contributed by atoms with Gasteiger partial charge in [0.2, 0.25) is 0 Å². The van der Waals surface area contributed by atoms with Crippen molar-refractivity contribution in [2.24, 2.45) is 0 Å². The number of anilines is 1. The standard InChI is InChI=1S/C21H27N3O4/c1-26-17-6-4-5-16(20(17)22)21(25)23-8-10-24-9-7-14-11-18(27-2)19(28-3)12-15(14)13-24/h4-6,11-12H,7-10,13,22H2,1-3H3,(H,23,25). The van der Waals surface area contributed by atoms with Crippen LogP contribution in [-0.4, -0.2) is 51.8 Å². The zero-order chi connectivity index (χ0) is 20.1. The average Bonchev–Trinajstić information content (AvgIpc) is 2.72. The third-order valence-corrected chi connectivity index (χ3v) is 5.04. The summed E-state index contributed by atoms with van der Waals surface area (Å²) < 4.78 is 16.0. The Morgan fingerprint density at radius 1 is 1.07 bits per heavy atom. The predicted molar refractivity (Wildman–Crippen MR) is 108 cm³/mol. The maximum absolute atomic E-state index is 12.4. The number of nitrogens with one attached hydrogen (secondary N) is 1. The SMILES string of the molecule is COc1cc2c(cc1OC)CN(CCNC(=O)c1cccc(OC)c1N)CC2. The molecule has 2 aromatic rings. The van der Waals surface area contributed by atoms with Gasteiger partial charge in [-0.15, -0.1) is 0 Å². The Kier molecular flexibility index (Phi) is 6.26. The molecule has 1 aliphatic rings. The van der Waals surface area contributed by atoms with Crippen molar-refractivity contribution in [2.75, 3.05) is 46.7 Å². The average molecular weight is 385 g/mol. The molecule has 7 nitrogen and oxygen atoms in total. The topological polar surface area (TPSA) is 86.0 Å². The van der Waals surface area contributed by atoms with Gasteiger partial charge in [-0.25, -0.2) is 0 Å². The number of rotatable bonds is 7. The number of carbonyl (C=O) groups excluding carboxylic acids is 1. The van der Waals surface area contributed by atoms with Gasteiger partial charge in [-0.1, -0.05) is 6.07 Å². The van der Waals surface area contributed by atoms with Crippen LogP contribution in [-0.2, 0) is 13.0 Å². The van der Waals surface area contributed by atoms with Gasteiger partial charge in [0.05, 0.1) is 32.6 Å². The van der Waals surface area contributed by atoms with Crippen molar-refractivity contribution < 1.29 is 19.0 Å². The number of fused-ring (bicyclic) bond motifs is 1. The Morgan fingerprint density at radius 2 is 1.75 bits per heavy atom. The fraction of sp³-hybridized carbons (Fsp3) is 0.381. The number of amides is 1. The maximum atomic E-state index is 12.4. The quantitative estimate of drug-likeness (QED) is 0.710. The van der Waals surface area contributed by atoms with E-state index in [0.717, 1.165) is 37.6 Å². The summed E-state index contributed by atoms with van der Waals surface area (Å²) in [4.78, 5) is 14.7. The molecule has 0 aliphatic carbocycles. The lowest BCUT2D eigenvalue weighted by Crippen LogP contribution is -2.38. The lowest BCUT2D eigenvalue weighted by atomic mass is 9.99. The normalized spacial score (nSPS) is 13.5. The summed E-state index contributed by atoms with van der Waals surface area (Å²) in [7, 11) is 4.83. The lowest BCUT2D eigenvalue weighted by molar-refractivity contribution is 0.0948. The number of nitrogens with two attached hydrogens (primary N) is 1. The summed E-state index contributed by atoms with van der Waals surface area (Å²) in [6.45, 7) is 3.04. The van der Waals surface area contributed by atoms with Gasteiger partial charge in [-0.2, -0.15) is 0 Å². The number of benzene rings is 2. The number of ether oxygens (including phenoxy) is 3. The first-order valence-corrected chi connectivity index (χ1v) is 9.24. The molecule has 0 spiro atoms. The largest absolute Gasteiger partial charge is 0.495 e. The maximum Gasteiger partial charge on any atom is 0.253 e. The summed E-state index contributed by atoms with van der Waals surface area (Å²) in [5, 5.41) is 2.94. The molecule has 0 atom stereocenters. The van der Waals surface area contributed by atoms with Crippen molar-refractivity contribution in [3.8, 4) is 17.2 Å². The third-order valence-electron chi connectivity index (χ3n) is 5.04. The van der Waals surface area contributed by atoms with Crippen molar-refractivity contribution in [1.29, 1.82) is 0 Å².